The number of hydrogen-bond donors (Lipinski definition) is 1. The van der Waals surface area contributed by atoms with Crippen molar-refractivity contribution in [3.8, 4) is 0 Å². The maximum absolute atomic E-state index is 11.9. The molecule has 0 spiro atoms. The molecule has 1 heterocycles. The number of thiophene rings is 1. The second-order valence-electron chi connectivity index (χ2n) is 4.19. The predicted octanol–water partition coefficient (Wildman–Crippen LogP) is 2.57. The number of carbonyl (C=O) groups is 2. The molecule has 6 heteroatoms. The van der Waals surface area contributed by atoms with Gasteiger partial charge in [-0.15, -0.1) is 11.3 Å². The smallest absolute Gasteiger partial charge is 0.318 e. The van der Waals surface area contributed by atoms with Crippen LogP contribution in [0.1, 0.15) is 18.7 Å². The van der Waals surface area contributed by atoms with Crippen molar-refractivity contribution in [2.75, 3.05) is 7.11 Å². The summed E-state index contributed by atoms with van der Waals surface area (Å²) in [4.78, 5) is 24.5. The van der Waals surface area contributed by atoms with Crippen LogP contribution in [0.5, 0.6) is 0 Å². The number of esters is 1. The lowest BCUT2D eigenvalue weighted by Crippen LogP contribution is -2.38. The van der Waals surface area contributed by atoms with Crippen LogP contribution < -0.4 is 5.32 Å². The van der Waals surface area contributed by atoms with Gasteiger partial charge >= 0.3 is 5.97 Å². The summed E-state index contributed by atoms with van der Waals surface area (Å²) in [6.07, 6.45) is 0. The predicted molar refractivity (Wildman–Crippen MR) is 74.2 cm³/mol. The molecule has 0 aliphatic heterocycles. The minimum atomic E-state index is -0.751. The van der Waals surface area contributed by atoms with Gasteiger partial charge in [0.1, 0.15) is 5.92 Å². The van der Waals surface area contributed by atoms with Gasteiger partial charge in [-0.3, -0.25) is 9.59 Å². The topological polar surface area (TPSA) is 55.4 Å². The van der Waals surface area contributed by atoms with E-state index in [1.807, 2.05) is 25.3 Å². The number of methoxy groups -OCH3 is 1. The van der Waals surface area contributed by atoms with Gasteiger partial charge in [-0.1, -0.05) is 13.8 Å². The first kappa shape index (κ1) is 15.2. The lowest BCUT2D eigenvalue weighted by atomic mass is 9.95. The highest BCUT2D eigenvalue weighted by atomic mass is 79.9. The highest BCUT2D eigenvalue weighted by Crippen LogP contribution is 2.20. The summed E-state index contributed by atoms with van der Waals surface area (Å²) in [5, 5.41) is 4.70. The summed E-state index contributed by atoms with van der Waals surface area (Å²) >= 11 is 4.90. The molecule has 1 rings (SSSR count). The Hall–Kier alpha value is -0.880. The number of hydrogen-bond acceptors (Lipinski definition) is 4. The number of rotatable bonds is 5. The van der Waals surface area contributed by atoms with Gasteiger partial charge in [-0.2, -0.15) is 0 Å². The van der Waals surface area contributed by atoms with E-state index in [4.69, 9.17) is 0 Å². The average Bonchev–Trinajstić information content (AvgIpc) is 2.72. The fourth-order valence-corrected chi connectivity index (χ4v) is 2.93. The van der Waals surface area contributed by atoms with Crippen LogP contribution in [-0.2, 0) is 20.9 Å². The van der Waals surface area contributed by atoms with Gasteiger partial charge in [-0.05, 0) is 27.9 Å². The third-order valence-corrected chi connectivity index (χ3v) is 4.16. The maximum atomic E-state index is 11.9. The Balaban J connectivity index is 2.59. The molecule has 1 aromatic heterocycles. The Labute approximate surface area is 119 Å². The molecule has 4 nitrogen and oxygen atoms in total. The minimum absolute atomic E-state index is 0.0903. The summed E-state index contributed by atoms with van der Waals surface area (Å²) in [6.45, 7) is 4.07. The van der Waals surface area contributed by atoms with Crippen molar-refractivity contribution in [1.29, 1.82) is 0 Å². The molecule has 18 heavy (non-hydrogen) atoms. The molecule has 0 aliphatic carbocycles. The third kappa shape index (κ3) is 4.10. The molecule has 100 valence electrons. The van der Waals surface area contributed by atoms with Crippen molar-refractivity contribution < 1.29 is 14.3 Å². The summed E-state index contributed by atoms with van der Waals surface area (Å²) < 4.78 is 5.64. The molecule has 1 N–H and O–H groups in total. The first-order chi connectivity index (χ1) is 8.45. The molecule has 1 unspecified atom stereocenters. The number of nitrogens with one attached hydrogen (secondary N) is 1. The van der Waals surface area contributed by atoms with Crippen molar-refractivity contribution in [1.82, 2.24) is 5.32 Å². The van der Waals surface area contributed by atoms with Crippen LogP contribution in [-0.4, -0.2) is 19.0 Å². The van der Waals surface area contributed by atoms with Gasteiger partial charge in [0.05, 0.1) is 13.7 Å². The summed E-state index contributed by atoms with van der Waals surface area (Å²) in [6, 6.07) is 1.94. The zero-order chi connectivity index (χ0) is 13.7. The third-order valence-electron chi connectivity index (χ3n) is 2.46. The second-order valence-corrected chi connectivity index (χ2v) is 6.11. The molecular weight excluding hydrogens is 318 g/mol. The molecule has 0 aromatic carbocycles. The van der Waals surface area contributed by atoms with E-state index in [0.29, 0.717) is 6.54 Å². The van der Waals surface area contributed by atoms with Gasteiger partial charge in [0, 0.05) is 14.7 Å². The fraction of sp³-hybridized carbons (Fsp3) is 0.500. The van der Waals surface area contributed by atoms with E-state index < -0.39 is 11.9 Å². The monoisotopic (exact) mass is 333 g/mol. The Bertz CT molecular complexity index is 431. The van der Waals surface area contributed by atoms with Crippen LogP contribution in [0.15, 0.2) is 15.9 Å². The summed E-state index contributed by atoms with van der Waals surface area (Å²) in [5.41, 5.74) is 0. The SMILES string of the molecule is COC(=O)C(C(=O)NCc1cc(Br)cs1)C(C)C. The van der Waals surface area contributed by atoms with E-state index in [1.54, 1.807) is 11.3 Å². The quantitative estimate of drug-likeness (QED) is 0.665. The lowest BCUT2D eigenvalue weighted by Gasteiger charge is -2.17. The van der Waals surface area contributed by atoms with Crippen LogP contribution in [0.4, 0.5) is 0 Å². The number of amides is 1. The Morgan fingerprint density at radius 3 is 2.61 bits per heavy atom. The molecule has 1 amide bonds. The van der Waals surface area contributed by atoms with Crippen molar-refractivity contribution in [3.05, 3.63) is 20.8 Å². The Kier molecular flexibility index (Phi) is 5.81. The Morgan fingerprint density at radius 2 is 2.17 bits per heavy atom. The second kappa shape index (κ2) is 6.89. The zero-order valence-corrected chi connectivity index (χ0v) is 12.9. The van der Waals surface area contributed by atoms with Gasteiger partial charge in [0.2, 0.25) is 5.91 Å². The molecule has 0 saturated heterocycles. The lowest BCUT2D eigenvalue weighted by molar-refractivity contribution is -0.151. The molecule has 0 aliphatic rings. The van der Waals surface area contributed by atoms with Crippen LogP contribution in [0.3, 0.4) is 0 Å². The van der Waals surface area contributed by atoms with E-state index in [2.05, 4.69) is 26.0 Å². The number of halogens is 1. The Morgan fingerprint density at radius 1 is 1.50 bits per heavy atom. The van der Waals surface area contributed by atoms with Crippen LogP contribution in [0, 0.1) is 11.8 Å². The van der Waals surface area contributed by atoms with E-state index >= 15 is 0 Å². The normalized spacial score (nSPS) is 12.3. The van der Waals surface area contributed by atoms with Crippen LogP contribution in [0.25, 0.3) is 0 Å². The fourth-order valence-electron chi connectivity index (χ4n) is 1.54. The molecule has 0 saturated carbocycles. The molecular formula is C12H16BrNO3S. The molecule has 0 radical (unpaired) electrons. The first-order valence-corrected chi connectivity index (χ1v) is 7.21. The van der Waals surface area contributed by atoms with E-state index in [0.717, 1.165) is 9.35 Å². The molecule has 1 atom stereocenters. The standard InChI is InChI=1S/C12H16BrNO3S/c1-7(2)10(12(16)17-3)11(15)14-5-9-4-8(13)6-18-9/h4,6-7,10H,5H2,1-3H3,(H,14,15). The number of ether oxygens (including phenoxy) is 1. The number of carbonyl (C=O) groups excluding carboxylic acids is 2. The maximum Gasteiger partial charge on any atom is 0.318 e. The van der Waals surface area contributed by atoms with Gasteiger partial charge in [-0.25, -0.2) is 0 Å². The zero-order valence-electron chi connectivity index (χ0n) is 10.5. The molecule has 0 fully saturated rings. The largest absolute Gasteiger partial charge is 0.468 e. The summed E-state index contributed by atoms with van der Waals surface area (Å²) in [7, 11) is 1.29. The molecule has 1 aromatic rings. The minimum Gasteiger partial charge on any atom is -0.468 e. The van der Waals surface area contributed by atoms with Gasteiger partial charge < -0.3 is 10.1 Å². The highest BCUT2D eigenvalue weighted by Gasteiger charge is 2.30. The van der Waals surface area contributed by atoms with Crippen LogP contribution in [0.2, 0.25) is 0 Å². The van der Waals surface area contributed by atoms with Gasteiger partial charge in [0.15, 0.2) is 0 Å². The van der Waals surface area contributed by atoms with Crippen molar-refractivity contribution in [3.63, 3.8) is 0 Å². The molecule has 0 bridgehead atoms. The van der Waals surface area contributed by atoms with E-state index in [9.17, 15) is 9.59 Å². The van der Waals surface area contributed by atoms with E-state index in [-0.39, 0.29) is 11.8 Å². The first-order valence-electron chi connectivity index (χ1n) is 5.54. The van der Waals surface area contributed by atoms with Crippen molar-refractivity contribution in [2.45, 2.75) is 20.4 Å². The van der Waals surface area contributed by atoms with Crippen molar-refractivity contribution >= 4 is 39.1 Å². The van der Waals surface area contributed by atoms with Crippen molar-refractivity contribution in [2.24, 2.45) is 11.8 Å². The van der Waals surface area contributed by atoms with Gasteiger partial charge in [0.25, 0.3) is 0 Å². The average molecular weight is 334 g/mol. The van der Waals surface area contributed by atoms with E-state index in [1.165, 1.54) is 7.11 Å². The highest BCUT2D eigenvalue weighted by molar-refractivity contribution is 9.10. The summed E-state index contributed by atoms with van der Waals surface area (Å²) in [5.74, 6) is -1.62. The van der Waals surface area contributed by atoms with Crippen LogP contribution >= 0.6 is 27.3 Å².